The molecular formula is C14H16ClF3N2. The Labute approximate surface area is 121 Å². The van der Waals surface area contributed by atoms with E-state index in [9.17, 15) is 13.2 Å². The molecule has 3 rings (SSSR count). The molecule has 1 aromatic carbocycles. The molecule has 0 amide bonds. The molecular weight excluding hydrogens is 289 g/mol. The molecule has 0 aromatic heterocycles. The monoisotopic (exact) mass is 304 g/mol. The number of nitrogens with zero attached hydrogens (tertiary/aromatic N) is 2. The van der Waals surface area contributed by atoms with Crippen molar-refractivity contribution in [2.24, 2.45) is 0 Å². The Morgan fingerprint density at radius 2 is 1.95 bits per heavy atom. The molecule has 0 radical (unpaired) electrons. The fourth-order valence-corrected chi connectivity index (χ4v) is 3.38. The van der Waals surface area contributed by atoms with Gasteiger partial charge in [0.05, 0.1) is 10.6 Å². The van der Waals surface area contributed by atoms with Gasteiger partial charge in [0.2, 0.25) is 0 Å². The summed E-state index contributed by atoms with van der Waals surface area (Å²) >= 11 is 5.66. The Morgan fingerprint density at radius 3 is 2.70 bits per heavy atom. The molecule has 1 aromatic rings. The van der Waals surface area contributed by atoms with Crippen molar-refractivity contribution in [3.8, 4) is 0 Å². The fourth-order valence-electron chi connectivity index (χ4n) is 3.15. The van der Waals surface area contributed by atoms with Crippen LogP contribution >= 0.6 is 11.6 Å². The van der Waals surface area contributed by atoms with Gasteiger partial charge in [0.25, 0.3) is 0 Å². The highest BCUT2D eigenvalue weighted by molar-refractivity contribution is 6.31. The Hall–Kier alpha value is -0.940. The Morgan fingerprint density at radius 1 is 1.15 bits per heavy atom. The number of hydrogen-bond donors (Lipinski definition) is 0. The van der Waals surface area contributed by atoms with Gasteiger partial charge in [-0.3, -0.25) is 4.90 Å². The van der Waals surface area contributed by atoms with Crippen LogP contribution in [-0.2, 0) is 6.18 Å². The summed E-state index contributed by atoms with van der Waals surface area (Å²) in [6.07, 6.45) is -2.08. The summed E-state index contributed by atoms with van der Waals surface area (Å²) in [5, 5.41) is -0.235. The molecule has 20 heavy (non-hydrogen) atoms. The van der Waals surface area contributed by atoms with Gasteiger partial charge in [-0.15, -0.1) is 0 Å². The van der Waals surface area contributed by atoms with Crippen LogP contribution in [0, 0.1) is 0 Å². The maximum Gasteiger partial charge on any atom is 0.417 e. The third-order valence-corrected chi connectivity index (χ3v) is 4.54. The first-order valence-corrected chi connectivity index (χ1v) is 7.19. The molecule has 6 heteroatoms. The lowest BCUT2D eigenvalue weighted by Crippen LogP contribution is -2.50. The lowest BCUT2D eigenvalue weighted by Gasteiger charge is -2.39. The first kappa shape index (κ1) is 14.0. The molecule has 0 N–H and O–H groups in total. The summed E-state index contributed by atoms with van der Waals surface area (Å²) in [6.45, 7) is 3.62. The van der Waals surface area contributed by atoms with Gasteiger partial charge >= 0.3 is 6.18 Å². The van der Waals surface area contributed by atoms with Crippen molar-refractivity contribution >= 4 is 17.3 Å². The van der Waals surface area contributed by atoms with E-state index in [1.807, 2.05) is 4.90 Å². The van der Waals surface area contributed by atoms with Crippen LogP contribution < -0.4 is 4.90 Å². The highest BCUT2D eigenvalue weighted by Gasteiger charge is 2.35. The number of halogens is 4. The summed E-state index contributed by atoms with van der Waals surface area (Å²) in [7, 11) is 0. The van der Waals surface area contributed by atoms with E-state index in [1.165, 1.54) is 18.6 Å². The quantitative estimate of drug-likeness (QED) is 0.781. The molecule has 0 aliphatic carbocycles. The molecule has 1 atom stereocenters. The number of rotatable bonds is 1. The number of piperazine rings is 1. The molecule has 110 valence electrons. The molecule has 2 heterocycles. The van der Waals surface area contributed by atoms with Gasteiger partial charge in [0, 0.05) is 31.4 Å². The highest BCUT2D eigenvalue weighted by Crippen LogP contribution is 2.37. The van der Waals surface area contributed by atoms with Crippen molar-refractivity contribution < 1.29 is 13.2 Å². The van der Waals surface area contributed by atoms with Crippen molar-refractivity contribution in [3.05, 3.63) is 28.8 Å². The van der Waals surface area contributed by atoms with Gasteiger partial charge < -0.3 is 4.90 Å². The van der Waals surface area contributed by atoms with Crippen LogP contribution in [0.3, 0.4) is 0 Å². The van der Waals surface area contributed by atoms with Crippen LogP contribution in [0.4, 0.5) is 18.9 Å². The van der Waals surface area contributed by atoms with Gasteiger partial charge in [-0.25, -0.2) is 0 Å². The minimum absolute atomic E-state index is 0.235. The van der Waals surface area contributed by atoms with Crippen molar-refractivity contribution in [1.82, 2.24) is 4.90 Å². The van der Waals surface area contributed by atoms with E-state index < -0.39 is 11.7 Å². The summed E-state index contributed by atoms with van der Waals surface area (Å²) < 4.78 is 38.7. The standard InChI is InChI=1S/C14H16ClF3N2/c15-13-4-3-10(8-12(13)14(16,17)18)20-7-6-19-5-1-2-11(19)9-20/h3-4,8,11H,1-2,5-7,9H2. The molecule has 1 unspecified atom stereocenters. The van der Waals surface area contributed by atoms with Crippen LogP contribution in [-0.4, -0.2) is 37.1 Å². The van der Waals surface area contributed by atoms with E-state index in [0.717, 1.165) is 32.6 Å². The predicted octanol–water partition coefficient (Wildman–Crippen LogP) is 3.64. The minimum Gasteiger partial charge on any atom is -0.369 e. The number of alkyl halides is 3. The van der Waals surface area contributed by atoms with Crippen LogP contribution in [0.5, 0.6) is 0 Å². The SMILES string of the molecule is FC(F)(F)c1cc(N2CCN3CCCC3C2)ccc1Cl. The molecule has 0 saturated carbocycles. The molecule has 2 aliphatic rings. The number of benzene rings is 1. The van der Waals surface area contributed by atoms with E-state index in [-0.39, 0.29) is 5.02 Å². The Kier molecular flexibility index (Phi) is 3.58. The average molecular weight is 305 g/mol. The van der Waals surface area contributed by atoms with E-state index in [0.29, 0.717) is 11.7 Å². The first-order chi connectivity index (χ1) is 9.45. The smallest absolute Gasteiger partial charge is 0.369 e. The number of hydrogen-bond acceptors (Lipinski definition) is 2. The maximum atomic E-state index is 12.9. The molecule has 2 nitrogen and oxygen atoms in total. The highest BCUT2D eigenvalue weighted by atomic mass is 35.5. The summed E-state index contributed by atoms with van der Waals surface area (Å²) in [5.41, 5.74) is -0.126. The summed E-state index contributed by atoms with van der Waals surface area (Å²) in [4.78, 5) is 4.47. The molecule has 2 saturated heterocycles. The topological polar surface area (TPSA) is 6.48 Å². The lowest BCUT2D eigenvalue weighted by atomic mass is 10.1. The average Bonchev–Trinajstić information content (AvgIpc) is 2.85. The van der Waals surface area contributed by atoms with Crippen LogP contribution in [0.2, 0.25) is 5.02 Å². The molecule has 0 bridgehead atoms. The summed E-state index contributed by atoms with van der Waals surface area (Å²) in [6, 6.07) is 4.68. The number of anilines is 1. The third-order valence-electron chi connectivity index (χ3n) is 4.21. The van der Waals surface area contributed by atoms with E-state index in [2.05, 4.69) is 4.90 Å². The predicted molar refractivity (Wildman–Crippen MR) is 73.3 cm³/mol. The van der Waals surface area contributed by atoms with Crippen LogP contribution in [0.1, 0.15) is 18.4 Å². The van der Waals surface area contributed by atoms with Crippen molar-refractivity contribution in [1.29, 1.82) is 0 Å². The van der Waals surface area contributed by atoms with Gasteiger partial charge in [-0.05, 0) is 37.6 Å². The van der Waals surface area contributed by atoms with Gasteiger partial charge in [0.1, 0.15) is 0 Å². The zero-order valence-electron chi connectivity index (χ0n) is 11.0. The van der Waals surface area contributed by atoms with E-state index >= 15 is 0 Å². The van der Waals surface area contributed by atoms with E-state index in [1.54, 1.807) is 6.07 Å². The second-order valence-electron chi connectivity index (χ2n) is 5.44. The van der Waals surface area contributed by atoms with Crippen molar-refractivity contribution in [2.45, 2.75) is 25.1 Å². The lowest BCUT2D eigenvalue weighted by molar-refractivity contribution is -0.137. The summed E-state index contributed by atoms with van der Waals surface area (Å²) in [5.74, 6) is 0. The second-order valence-corrected chi connectivity index (χ2v) is 5.85. The largest absolute Gasteiger partial charge is 0.417 e. The Bertz CT molecular complexity index is 504. The zero-order chi connectivity index (χ0) is 14.3. The fraction of sp³-hybridized carbons (Fsp3) is 0.571. The molecule has 2 aliphatic heterocycles. The first-order valence-electron chi connectivity index (χ1n) is 6.81. The molecule has 0 spiro atoms. The van der Waals surface area contributed by atoms with Gasteiger partial charge in [-0.2, -0.15) is 13.2 Å². The minimum atomic E-state index is -4.40. The Balaban J connectivity index is 1.84. The number of fused-ring (bicyclic) bond motifs is 1. The van der Waals surface area contributed by atoms with Crippen LogP contribution in [0.25, 0.3) is 0 Å². The van der Waals surface area contributed by atoms with E-state index in [4.69, 9.17) is 11.6 Å². The zero-order valence-corrected chi connectivity index (χ0v) is 11.7. The maximum absolute atomic E-state index is 12.9. The third kappa shape index (κ3) is 2.61. The van der Waals surface area contributed by atoms with Crippen molar-refractivity contribution in [3.63, 3.8) is 0 Å². The van der Waals surface area contributed by atoms with Crippen molar-refractivity contribution in [2.75, 3.05) is 31.1 Å². The van der Waals surface area contributed by atoms with Gasteiger partial charge in [0.15, 0.2) is 0 Å². The van der Waals surface area contributed by atoms with Crippen LogP contribution in [0.15, 0.2) is 18.2 Å². The normalized spacial score (nSPS) is 24.0. The second kappa shape index (κ2) is 5.11. The molecule has 2 fully saturated rings. The van der Waals surface area contributed by atoms with Gasteiger partial charge in [-0.1, -0.05) is 11.6 Å².